The summed E-state index contributed by atoms with van der Waals surface area (Å²) >= 11 is 1.97. The van der Waals surface area contributed by atoms with E-state index in [4.69, 9.17) is 0 Å². The Bertz CT molecular complexity index is 220. The van der Waals surface area contributed by atoms with Crippen LogP contribution in [0.3, 0.4) is 0 Å². The van der Waals surface area contributed by atoms with Gasteiger partial charge in [-0.1, -0.05) is 0 Å². The number of hydrogen-bond acceptors (Lipinski definition) is 3. The lowest BCUT2D eigenvalue weighted by atomic mass is 10.3. The number of aliphatic imine (C=N–C) groups is 1. The predicted octanol–water partition coefficient (Wildman–Crippen LogP) is 1.70. The third-order valence-electron chi connectivity index (χ3n) is 1.97. The predicted molar refractivity (Wildman–Crippen MR) is 49.8 cm³/mol. The van der Waals surface area contributed by atoms with Crippen LogP contribution in [-0.4, -0.2) is 30.1 Å². The number of rotatable bonds is 0. The monoisotopic (exact) mass is 168 g/mol. The molecule has 0 unspecified atom stereocenters. The Labute approximate surface area is 71.4 Å². The second-order valence-electron chi connectivity index (χ2n) is 2.91. The van der Waals surface area contributed by atoms with E-state index in [0.29, 0.717) is 0 Å². The van der Waals surface area contributed by atoms with Gasteiger partial charge in [0.1, 0.15) is 6.67 Å². The maximum absolute atomic E-state index is 4.27. The van der Waals surface area contributed by atoms with Crippen molar-refractivity contribution in [2.24, 2.45) is 4.99 Å². The first-order valence-corrected chi connectivity index (χ1v) is 4.95. The van der Waals surface area contributed by atoms with Gasteiger partial charge in [0.05, 0.1) is 5.03 Å². The molecule has 0 amide bonds. The third-order valence-corrected chi connectivity index (χ3v) is 3.32. The summed E-state index contributed by atoms with van der Waals surface area (Å²) in [5.74, 6) is 1.27. The van der Waals surface area contributed by atoms with Gasteiger partial charge in [-0.25, -0.2) is 0 Å². The van der Waals surface area contributed by atoms with E-state index in [1.165, 1.54) is 29.3 Å². The van der Waals surface area contributed by atoms with Crippen molar-refractivity contribution >= 4 is 18.0 Å². The summed E-state index contributed by atoms with van der Waals surface area (Å²) in [5, 5.41) is 1.45. The molecule has 2 heterocycles. The third kappa shape index (κ3) is 1.29. The summed E-state index contributed by atoms with van der Waals surface area (Å²) in [6.07, 6.45) is 3.29. The van der Waals surface area contributed by atoms with Crippen molar-refractivity contribution in [1.82, 2.24) is 4.90 Å². The molecule has 0 aromatic rings. The summed E-state index contributed by atoms with van der Waals surface area (Å²) < 4.78 is 0. The molecule has 11 heavy (non-hydrogen) atoms. The van der Waals surface area contributed by atoms with Crippen molar-refractivity contribution in [3.63, 3.8) is 0 Å². The van der Waals surface area contributed by atoms with E-state index < -0.39 is 0 Å². The molecule has 0 aliphatic carbocycles. The highest BCUT2D eigenvalue weighted by atomic mass is 32.2. The van der Waals surface area contributed by atoms with Crippen LogP contribution in [0.5, 0.6) is 0 Å². The maximum Gasteiger partial charge on any atom is 0.110 e. The SMILES string of the molecule is CC1=C2SCCCN2CN=C1. The van der Waals surface area contributed by atoms with Crippen LogP contribution >= 0.6 is 11.8 Å². The van der Waals surface area contributed by atoms with Gasteiger partial charge in [0, 0.05) is 18.5 Å². The Morgan fingerprint density at radius 3 is 3.36 bits per heavy atom. The Balaban J connectivity index is 2.25. The molecule has 2 aliphatic heterocycles. The van der Waals surface area contributed by atoms with Gasteiger partial charge < -0.3 is 4.90 Å². The largest absolute Gasteiger partial charge is 0.347 e. The fraction of sp³-hybridized carbons (Fsp3) is 0.625. The van der Waals surface area contributed by atoms with Crippen LogP contribution in [0.15, 0.2) is 15.6 Å². The average Bonchev–Trinajstić information content (AvgIpc) is 2.06. The Morgan fingerprint density at radius 2 is 2.55 bits per heavy atom. The molecule has 0 aromatic carbocycles. The first-order valence-electron chi connectivity index (χ1n) is 3.96. The molecule has 0 saturated carbocycles. The van der Waals surface area contributed by atoms with Crippen molar-refractivity contribution in [1.29, 1.82) is 0 Å². The fourth-order valence-electron chi connectivity index (χ4n) is 1.45. The van der Waals surface area contributed by atoms with E-state index >= 15 is 0 Å². The van der Waals surface area contributed by atoms with E-state index in [1.54, 1.807) is 0 Å². The lowest BCUT2D eigenvalue weighted by Gasteiger charge is -2.32. The zero-order chi connectivity index (χ0) is 7.68. The normalized spacial score (nSPS) is 23.9. The second kappa shape index (κ2) is 2.89. The molecule has 0 spiro atoms. The standard InChI is InChI=1S/C8H12N2S/c1-7-5-9-6-10-3-2-4-11-8(7)10/h5H,2-4,6H2,1H3. The molecule has 1 saturated heterocycles. The smallest absolute Gasteiger partial charge is 0.110 e. The van der Waals surface area contributed by atoms with Gasteiger partial charge in [-0.2, -0.15) is 0 Å². The van der Waals surface area contributed by atoms with Crippen LogP contribution < -0.4 is 0 Å². The quantitative estimate of drug-likeness (QED) is 0.547. The number of thioether (sulfide) groups is 1. The molecule has 2 rings (SSSR count). The van der Waals surface area contributed by atoms with Crippen molar-refractivity contribution in [2.45, 2.75) is 13.3 Å². The molecule has 3 heteroatoms. The minimum Gasteiger partial charge on any atom is -0.347 e. The average molecular weight is 168 g/mol. The van der Waals surface area contributed by atoms with Gasteiger partial charge >= 0.3 is 0 Å². The summed E-state index contributed by atoms with van der Waals surface area (Å²) in [6, 6.07) is 0. The van der Waals surface area contributed by atoms with Gasteiger partial charge in [0.2, 0.25) is 0 Å². The molecule has 0 bridgehead atoms. The zero-order valence-corrected chi connectivity index (χ0v) is 7.52. The van der Waals surface area contributed by atoms with Crippen LogP contribution in [0.4, 0.5) is 0 Å². The number of nitrogens with zero attached hydrogens (tertiary/aromatic N) is 2. The van der Waals surface area contributed by atoms with Gasteiger partial charge in [-0.3, -0.25) is 4.99 Å². The molecule has 2 aliphatic rings. The fourth-order valence-corrected chi connectivity index (χ4v) is 2.53. The molecule has 0 radical (unpaired) electrons. The van der Waals surface area contributed by atoms with E-state index in [9.17, 15) is 0 Å². The lowest BCUT2D eigenvalue weighted by Crippen LogP contribution is -2.30. The van der Waals surface area contributed by atoms with Gasteiger partial charge in [0.25, 0.3) is 0 Å². The topological polar surface area (TPSA) is 15.6 Å². The van der Waals surface area contributed by atoms with Crippen molar-refractivity contribution in [3.05, 3.63) is 10.6 Å². The summed E-state index contributed by atoms with van der Waals surface area (Å²) in [5.41, 5.74) is 1.33. The Hall–Kier alpha value is -0.440. The Morgan fingerprint density at radius 1 is 1.64 bits per heavy atom. The second-order valence-corrected chi connectivity index (χ2v) is 3.99. The maximum atomic E-state index is 4.27. The number of fused-ring (bicyclic) bond motifs is 1. The van der Waals surface area contributed by atoms with Gasteiger partial charge in [-0.05, 0) is 18.9 Å². The first kappa shape index (κ1) is 7.22. The molecular formula is C8H12N2S. The molecule has 2 nitrogen and oxygen atoms in total. The van der Waals surface area contributed by atoms with E-state index in [1.807, 2.05) is 18.0 Å². The van der Waals surface area contributed by atoms with E-state index in [-0.39, 0.29) is 0 Å². The summed E-state index contributed by atoms with van der Waals surface area (Å²) in [7, 11) is 0. The van der Waals surface area contributed by atoms with Crippen LogP contribution in [0.25, 0.3) is 0 Å². The van der Waals surface area contributed by atoms with Crippen LogP contribution in [0, 0.1) is 0 Å². The molecular weight excluding hydrogens is 156 g/mol. The Kier molecular flexibility index (Phi) is 1.90. The van der Waals surface area contributed by atoms with Gasteiger partial charge in [0.15, 0.2) is 0 Å². The minimum atomic E-state index is 0.875. The molecule has 0 N–H and O–H groups in total. The minimum absolute atomic E-state index is 0.875. The highest BCUT2D eigenvalue weighted by molar-refractivity contribution is 8.03. The highest BCUT2D eigenvalue weighted by Crippen LogP contribution is 2.30. The first-order chi connectivity index (χ1) is 5.38. The molecule has 0 aromatic heterocycles. The van der Waals surface area contributed by atoms with Crippen molar-refractivity contribution in [3.8, 4) is 0 Å². The van der Waals surface area contributed by atoms with Crippen molar-refractivity contribution < 1.29 is 0 Å². The van der Waals surface area contributed by atoms with Crippen molar-refractivity contribution in [2.75, 3.05) is 19.0 Å². The number of hydrogen-bond donors (Lipinski definition) is 0. The van der Waals surface area contributed by atoms with E-state index in [2.05, 4.69) is 16.8 Å². The van der Waals surface area contributed by atoms with E-state index in [0.717, 1.165) is 6.67 Å². The van der Waals surface area contributed by atoms with Crippen LogP contribution in [0.1, 0.15) is 13.3 Å². The van der Waals surface area contributed by atoms with Crippen LogP contribution in [-0.2, 0) is 0 Å². The molecule has 1 fully saturated rings. The zero-order valence-electron chi connectivity index (χ0n) is 6.71. The lowest BCUT2D eigenvalue weighted by molar-refractivity contribution is 0.367. The molecule has 60 valence electrons. The highest BCUT2D eigenvalue weighted by Gasteiger charge is 2.18. The van der Waals surface area contributed by atoms with Crippen LogP contribution in [0.2, 0.25) is 0 Å². The summed E-state index contributed by atoms with van der Waals surface area (Å²) in [6.45, 7) is 4.21. The summed E-state index contributed by atoms with van der Waals surface area (Å²) in [4.78, 5) is 6.64. The van der Waals surface area contributed by atoms with Gasteiger partial charge in [-0.15, -0.1) is 11.8 Å². The number of allylic oxidation sites excluding steroid dienone is 1. The molecule has 0 atom stereocenters.